The molecule has 0 aromatic heterocycles. The van der Waals surface area contributed by atoms with Crippen LogP contribution in [0.1, 0.15) is 59.7 Å². The predicted octanol–water partition coefficient (Wildman–Crippen LogP) is 5.53. The molecule has 2 N–H and O–H groups in total. The van der Waals surface area contributed by atoms with Gasteiger partial charge in [0, 0.05) is 6.20 Å². The molecule has 1 aliphatic carbocycles. The van der Waals surface area contributed by atoms with E-state index in [9.17, 15) is 10.1 Å². The molecule has 3 aromatic rings. The minimum absolute atomic E-state index is 0.0525. The maximum absolute atomic E-state index is 12.9. The fraction of sp³-hybridized carbons (Fsp3) is 0.241. The van der Waals surface area contributed by atoms with Gasteiger partial charge in [-0.1, -0.05) is 78.9 Å². The molecule has 0 bridgehead atoms. The summed E-state index contributed by atoms with van der Waals surface area (Å²) in [6, 6.07) is 28.2. The van der Waals surface area contributed by atoms with Crippen molar-refractivity contribution in [2.45, 2.75) is 44.7 Å². The Labute approximate surface area is 196 Å². The average molecular weight is 436 g/mol. The molecule has 0 fully saturated rings. The van der Waals surface area contributed by atoms with Crippen LogP contribution in [0, 0.1) is 11.3 Å². The lowest BCUT2D eigenvalue weighted by Crippen LogP contribution is -2.29. The standard InChI is InChI=1S/C29H29N3O/c1-21(25-17-16-22-10-8-9-15-26(22)18-25)32-29(33)27(19-30)20-31-28(23-11-4-2-5-12-23)24-13-6-3-7-14-24/h2-7,11-14,16-18,20-21,28,31H,8-10,15H2,1H3,(H,32,33)/b27-20-. The van der Waals surface area contributed by atoms with Gasteiger partial charge in [0.1, 0.15) is 11.6 Å². The molecule has 3 aromatic carbocycles. The first-order chi connectivity index (χ1) is 16.2. The number of carbonyl (C=O) groups excluding carboxylic acids is 1. The third kappa shape index (κ3) is 5.51. The highest BCUT2D eigenvalue weighted by Gasteiger charge is 2.18. The molecule has 0 radical (unpaired) electrons. The van der Waals surface area contributed by atoms with Gasteiger partial charge in [-0.15, -0.1) is 0 Å². The van der Waals surface area contributed by atoms with E-state index in [-0.39, 0.29) is 23.6 Å². The molecule has 33 heavy (non-hydrogen) atoms. The summed E-state index contributed by atoms with van der Waals surface area (Å²) in [7, 11) is 0. The Bertz CT molecular complexity index is 1120. The highest BCUT2D eigenvalue weighted by molar-refractivity contribution is 5.97. The second kappa shape index (κ2) is 10.7. The normalized spacial score (nSPS) is 14.2. The summed E-state index contributed by atoms with van der Waals surface area (Å²) in [6.45, 7) is 1.96. The first-order valence-electron chi connectivity index (χ1n) is 11.5. The number of fused-ring (bicyclic) bond motifs is 1. The van der Waals surface area contributed by atoms with E-state index in [0.717, 1.165) is 29.5 Å². The fourth-order valence-corrected chi connectivity index (χ4v) is 4.37. The van der Waals surface area contributed by atoms with Crippen LogP contribution in [0.3, 0.4) is 0 Å². The molecule has 0 saturated heterocycles. The number of nitriles is 1. The molecule has 0 spiro atoms. The van der Waals surface area contributed by atoms with Crippen molar-refractivity contribution in [1.82, 2.24) is 10.6 Å². The summed E-state index contributed by atoms with van der Waals surface area (Å²) in [6.07, 6.45) is 6.22. The topological polar surface area (TPSA) is 64.9 Å². The van der Waals surface area contributed by atoms with Gasteiger partial charge in [0.05, 0.1) is 12.1 Å². The van der Waals surface area contributed by atoms with Gasteiger partial charge in [-0.3, -0.25) is 4.79 Å². The lowest BCUT2D eigenvalue weighted by atomic mass is 9.89. The van der Waals surface area contributed by atoms with Crippen LogP contribution in [-0.2, 0) is 17.6 Å². The van der Waals surface area contributed by atoms with E-state index in [4.69, 9.17) is 0 Å². The predicted molar refractivity (Wildman–Crippen MR) is 131 cm³/mol. The first kappa shape index (κ1) is 22.4. The second-order valence-corrected chi connectivity index (χ2v) is 8.52. The molecule has 1 atom stereocenters. The number of hydrogen-bond donors (Lipinski definition) is 2. The van der Waals surface area contributed by atoms with Crippen LogP contribution < -0.4 is 10.6 Å². The molecule has 1 unspecified atom stereocenters. The highest BCUT2D eigenvalue weighted by Crippen LogP contribution is 2.25. The molecule has 4 rings (SSSR count). The van der Waals surface area contributed by atoms with E-state index in [1.165, 1.54) is 30.2 Å². The largest absolute Gasteiger partial charge is 0.379 e. The van der Waals surface area contributed by atoms with E-state index >= 15 is 0 Å². The molecule has 166 valence electrons. The zero-order chi connectivity index (χ0) is 23.0. The summed E-state index contributed by atoms with van der Waals surface area (Å²) in [5, 5.41) is 16.0. The highest BCUT2D eigenvalue weighted by atomic mass is 16.1. The summed E-state index contributed by atoms with van der Waals surface area (Å²) in [5.74, 6) is -0.380. The fourth-order valence-electron chi connectivity index (χ4n) is 4.37. The van der Waals surface area contributed by atoms with Crippen LogP contribution in [0.4, 0.5) is 0 Å². The quantitative estimate of drug-likeness (QED) is 0.379. The molecule has 0 saturated carbocycles. The minimum Gasteiger partial charge on any atom is -0.379 e. The number of nitrogens with zero attached hydrogens (tertiary/aromatic N) is 1. The van der Waals surface area contributed by atoms with Gasteiger partial charge < -0.3 is 10.6 Å². The van der Waals surface area contributed by atoms with E-state index in [2.05, 4.69) is 34.9 Å². The van der Waals surface area contributed by atoms with Crippen molar-refractivity contribution in [3.05, 3.63) is 118 Å². The van der Waals surface area contributed by atoms with Gasteiger partial charge in [0.25, 0.3) is 5.91 Å². The Hall–Kier alpha value is -3.84. The van der Waals surface area contributed by atoms with E-state index in [1.807, 2.05) is 67.6 Å². The van der Waals surface area contributed by atoms with Gasteiger partial charge in [-0.25, -0.2) is 0 Å². The smallest absolute Gasteiger partial charge is 0.263 e. The van der Waals surface area contributed by atoms with E-state index in [1.54, 1.807) is 0 Å². The zero-order valence-corrected chi connectivity index (χ0v) is 18.9. The Morgan fingerprint density at radius 2 is 1.48 bits per heavy atom. The summed E-state index contributed by atoms with van der Waals surface area (Å²) >= 11 is 0. The lowest BCUT2D eigenvalue weighted by Gasteiger charge is -2.20. The third-order valence-electron chi connectivity index (χ3n) is 6.25. The third-order valence-corrected chi connectivity index (χ3v) is 6.25. The van der Waals surface area contributed by atoms with Crippen LogP contribution in [-0.4, -0.2) is 5.91 Å². The Kier molecular flexibility index (Phi) is 7.22. The van der Waals surface area contributed by atoms with Crippen molar-refractivity contribution in [3.63, 3.8) is 0 Å². The number of hydrogen-bond acceptors (Lipinski definition) is 3. The number of amides is 1. The average Bonchev–Trinajstić information content (AvgIpc) is 2.87. The van der Waals surface area contributed by atoms with Crippen molar-refractivity contribution < 1.29 is 4.79 Å². The van der Waals surface area contributed by atoms with Crippen LogP contribution in [0.15, 0.2) is 90.6 Å². The summed E-state index contributed by atoms with van der Waals surface area (Å²) in [5.41, 5.74) is 6.03. The van der Waals surface area contributed by atoms with Gasteiger partial charge in [0.15, 0.2) is 0 Å². The summed E-state index contributed by atoms with van der Waals surface area (Å²) < 4.78 is 0. The maximum atomic E-state index is 12.9. The Balaban J connectivity index is 1.49. The minimum atomic E-state index is -0.380. The van der Waals surface area contributed by atoms with E-state index in [0.29, 0.717) is 0 Å². The van der Waals surface area contributed by atoms with Gasteiger partial charge >= 0.3 is 0 Å². The van der Waals surface area contributed by atoms with Crippen molar-refractivity contribution in [2.24, 2.45) is 0 Å². The van der Waals surface area contributed by atoms with Gasteiger partial charge in [0.2, 0.25) is 0 Å². The number of carbonyl (C=O) groups is 1. The lowest BCUT2D eigenvalue weighted by molar-refractivity contribution is -0.117. The van der Waals surface area contributed by atoms with Crippen molar-refractivity contribution in [2.75, 3.05) is 0 Å². The van der Waals surface area contributed by atoms with Gasteiger partial charge in [-0.05, 0) is 60.4 Å². The molecular formula is C29H29N3O. The van der Waals surface area contributed by atoms with Crippen LogP contribution in [0.2, 0.25) is 0 Å². The molecule has 1 aliphatic rings. The summed E-state index contributed by atoms with van der Waals surface area (Å²) in [4.78, 5) is 12.9. The molecule has 0 heterocycles. The SMILES string of the molecule is CC(NC(=O)/C(C#N)=C\NC(c1ccccc1)c1ccccc1)c1ccc2c(c1)CCCC2. The molecule has 4 heteroatoms. The van der Waals surface area contributed by atoms with Crippen LogP contribution >= 0.6 is 0 Å². The number of benzene rings is 3. The maximum Gasteiger partial charge on any atom is 0.263 e. The van der Waals surface area contributed by atoms with Gasteiger partial charge in [-0.2, -0.15) is 5.26 Å². The molecule has 0 aliphatic heterocycles. The Morgan fingerprint density at radius 3 is 2.09 bits per heavy atom. The Morgan fingerprint density at radius 1 is 0.879 bits per heavy atom. The molecular weight excluding hydrogens is 406 g/mol. The first-order valence-corrected chi connectivity index (χ1v) is 11.5. The van der Waals surface area contributed by atoms with Crippen LogP contribution in [0.25, 0.3) is 0 Å². The van der Waals surface area contributed by atoms with Crippen molar-refractivity contribution in [1.29, 1.82) is 5.26 Å². The zero-order valence-electron chi connectivity index (χ0n) is 18.9. The number of nitrogens with one attached hydrogen (secondary N) is 2. The monoisotopic (exact) mass is 435 g/mol. The number of aryl methyl sites for hydroxylation is 2. The van der Waals surface area contributed by atoms with Crippen molar-refractivity contribution >= 4 is 5.91 Å². The van der Waals surface area contributed by atoms with Crippen molar-refractivity contribution in [3.8, 4) is 6.07 Å². The number of rotatable bonds is 7. The second-order valence-electron chi connectivity index (χ2n) is 8.52. The van der Waals surface area contributed by atoms with Crippen LogP contribution in [0.5, 0.6) is 0 Å². The molecule has 1 amide bonds. The van der Waals surface area contributed by atoms with E-state index < -0.39 is 0 Å². The molecule has 4 nitrogen and oxygen atoms in total.